The summed E-state index contributed by atoms with van der Waals surface area (Å²) in [5.41, 5.74) is 7.73. The van der Waals surface area contributed by atoms with Crippen LogP contribution in [0.15, 0.2) is 46.3 Å². The number of nitrogens with zero attached hydrogens (tertiary/aromatic N) is 1. The number of halogens is 1. The maximum absolute atomic E-state index is 11.2. The predicted molar refractivity (Wildman–Crippen MR) is 92.3 cm³/mol. The van der Waals surface area contributed by atoms with Crippen LogP contribution < -0.4 is 11.1 Å². The van der Waals surface area contributed by atoms with E-state index in [-0.39, 0.29) is 24.0 Å². The average molecular weight is 393 g/mol. The molecule has 3 N–H and O–H groups in total. The lowest BCUT2D eigenvalue weighted by atomic mass is 10.2. The molecule has 0 aromatic heterocycles. The van der Waals surface area contributed by atoms with Crippen molar-refractivity contribution in [2.45, 2.75) is 18.4 Å². The lowest BCUT2D eigenvalue weighted by molar-refractivity contribution is 0.687. The van der Waals surface area contributed by atoms with E-state index in [0.717, 1.165) is 16.0 Å². The molecule has 0 heterocycles. The van der Waals surface area contributed by atoms with Gasteiger partial charge in [0.25, 0.3) is 0 Å². The molecule has 0 spiro atoms. The molecule has 1 aromatic carbocycles. The second kappa shape index (κ2) is 9.08. The van der Waals surface area contributed by atoms with Crippen molar-refractivity contribution in [2.24, 2.45) is 10.7 Å². The Hall–Kier alpha value is -0.890. The molecule has 0 amide bonds. The molecular weight excluding hydrogens is 373 g/mol. The summed E-state index contributed by atoms with van der Waals surface area (Å²) in [6.45, 7) is 6.82. The minimum atomic E-state index is -0.941. The molecule has 0 aliphatic carbocycles. The zero-order valence-corrected chi connectivity index (χ0v) is 14.3. The van der Waals surface area contributed by atoms with Crippen molar-refractivity contribution >= 4 is 40.7 Å². The fourth-order valence-electron chi connectivity index (χ4n) is 1.26. The Morgan fingerprint density at radius 1 is 1.42 bits per heavy atom. The molecule has 1 unspecified atom stereocenters. The maximum Gasteiger partial charge on any atom is 0.189 e. The number of nitrogens with two attached hydrogens (primary N) is 1. The first-order valence-corrected chi connectivity index (χ1v) is 7.15. The minimum Gasteiger partial charge on any atom is -0.370 e. The van der Waals surface area contributed by atoms with Crippen LogP contribution in [0.2, 0.25) is 0 Å². The molecule has 4 nitrogen and oxygen atoms in total. The molecule has 0 saturated carbocycles. The van der Waals surface area contributed by atoms with Crippen LogP contribution in [0.4, 0.5) is 0 Å². The quantitative estimate of drug-likeness (QED) is 0.348. The second-order valence-electron chi connectivity index (χ2n) is 4.11. The predicted octanol–water partition coefficient (Wildman–Crippen LogP) is 2.02. The SMILES string of the molecule is C=C(C)CNC(N)=NCc1ccc(S(C)=O)cc1.I. The van der Waals surface area contributed by atoms with Gasteiger partial charge in [0.15, 0.2) is 5.96 Å². The van der Waals surface area contributed by atoms with Crippen molar-refractivity contribution < 1.29 is 4.21 Å². The Balaban J connectivity index is 0.00000324. The minimum absolute atomic E-state index is 0. The van der Waals surface area contributed by atoms with Crippen LogP contribution >= 0.6 is 24.0 Å². The monoisotopic (exact) mass is 393 g/mol. The molecule has 19 heavy (non-hydrogen) atoms. The fraction of sp³-hybridized carbons (Fsp3) is 0.308. The number of hydrogen-bond acceptors (Lipinski definition) is 2. The van der Waals surface area contributed by atoms with Gasteiger partial charge in [-0.15, -0.1) is 24.0 Å². The van der Waals surface area contributed by atoms with Gasteiger partial charge in [0, 0.05) is 28.5 Å². The van der Waals surface area contributed by atoms with E-state index in [1.807, 2.05) is 31.2 Å². The topological polar surface area (TPSA) is 67.5 Å². The smallest absolute Gasteiger partial charge is 0.189 e. The molecule has 1 atom stereocenters. The molecule has 0 fully saturated rings. The number of hydrogen-bond donors (Lipinski definition) is 2. The van der Waals surface area contributed by atoms with Crippen LogP contribution in [-0.4, -0.2) is 23.0 Å². The normalized spacial score (nSPS) is 12.4. The highest BCUT2D eigenvalue weighted by atomic mass is 127. The molecule has 1 aromatic rings. The molecular formula is C13H20IN3OS. The highest BCUT2D eigenvalue weighted by Gasteiger charge is 1.97. The van der Waals surface area contributed by atoms with Gasteiger partial charge < -0.3 is 11.1 Å². The van der Waals surface area contributed by atoms with Gasteiger partial charge in [-0.2, -0.15) is 0 Å². The van der Waals surface area contributed by atoms with E-state index in [4.69, 9.17) is 5.73 Å². The van der Waals surface area contributed by atoms with Crippen LogP contribution in [0.25, 0.3) is 0 Å². The van der Waals surface area contributed by atoms with Gasteiger partial charge in [0.2, 0.25) is 0 Å². The van der Waals surface area contributed by atoms with Crippen molar-refractivity contribution in [1.82, 2.24) is 5.32 Å². The zero-order chi connectivity index (χ0) is 13.5. The molecule has 0 radical (unpaired) electrons. The first kappa shape index (κ1) is 18.1. The summed E-state index contributed by atoms with van der Waals surface area (Å²) < 4.78 is 11.2. The third-order valence-electron chi connectivity index (χ3n) is 2.26. The van der Waals surface area contributed by atoms with E-state index in [9.17, 15) is 4.21 Å². The van der Waals surface area contributed by atoms with Gasteiger partial charge in [-0.1, -0.05) is 24.3 Å². The van der Waals surface area contributed by atoms with Gasteiger partial charge >= 0.3 is 0 Å². The third-order valence-corrected chi connectivity index (χ3v) is 3.19. The number of guanidine groups is 1. The summed E-state index contributed by atoms with van der Waals surface area (Å²) in [6.07, 6.45) is 1.66. The number of nitrogens with one attached hydrogen (secondary N) is 1. The first-order valence-electron chi connectivity index (χ1n) is 5.59. The van der Waals surface area contributed by atoms with E-state index in [0.29, 0.717) is 19.0 Å². The van der Waals surface area contributed by atoms with E-state index in [1.54, 1.807) is 6.26 Å². The Kier molecular flexibility index (Phi) is 8.66. The van der Waals surface area contributed by atoms with E-state index >= 15 is 0 Å². The van der Waals surface area contributed by atoms with E-state index in [2.05, 4.69) is 16.9 Å². The Labute approximate surface area is 134 Å². The van der Waals surface area contributed by atoms with Gasteiger partial charge in [-0.3, -0.25) is 4.21 Å². The molecule has 0 aliphatic rings. The zero-order valence-electron chi connectivity index (χ0n) is 11.2. The summed E-state index contributed by atoms with van der Waals surface area (Å²) in [7, 11) is -0.941. The van der Waals surface area contributed by atoms with Gasteiger partial charge in [-0.05, 0) is 24.6 Å². The maximum atomic E-state index is 11.2. The van der Waals surface area contributed by atoms with Crippen molar-refractivity contribution in [3.8, 4) is 0 Å². The fourth-order valence-corrected chi connectivity index (χ4v) is 1.78. The van der Waals surface area contributed by atoms with Crippen LogP contribution in [-0.2, 0) is 17.3 Å². The summed E-state index contributed by atoms with van der Waals surface area (Å²) in [6, 6.07) is 7.51. The van der Waals surface area contributed by atoms with Crippen molar-refractivity contribution in [1.29, 1.82) is 0 Å². The number of aliphatic imine (C=N–C) groups is 1. The summed E-state index contributed by atoms with van der Waals surface area (Å²) >= 11 is 0. The van der Waals surface area contributed by atoms with Gasteiger partial charge in [0.05, 0.1) is 6.54 Å². The van der Waals surface area contributed by atoms with Crippen LogP contribution in [0, 0.1) is 0 Å². The Bertz CT molecular complexity index is 471. The Morgan fingerprint density at radius 2 is 2.00 bits per heavy atom. The number of rotatable bonds is 5. The Morgan fingerprint density at radius 3 is 2.47 bits per heavy atom. The summed E-state index contributed by atoms with van der Waals surface area (Å²) in [5, 5.41) is 2.96. The lowest BCUT2D eigenvalue weighted by Gasteiger charge is -2.05. The first-order chi connectivity index (χ1) is 8.49. The average Bonchev–Trinajstić information content (AvgIpc) is 2.34. The van der Waals surface area contributed by atoms with Crippen LogP contribution in [0.1, 0.15) is 12.5 Å². The lowest BCUT2D eigenvalue weighted by Crippen LogP contribution is -2.32. The molecule has 106 valence electrons. The highest BCUT2D eigenvalue weighted by molar-refractivity contribution is 14.0. The van der Waals surface area contributed by atoms with E-state index < -0.39 is 10.8 Å². The molecule has 0 bridgehead atoms. The molecule has 0 saturated heterocycles. The third kappa shape index (κ3) is 7.31. The van der Waals surface area contributed by atoms with Gasteiger partial charge in [-0.25, -0.2) is 4.99 Å². The molecule has 6 heteroatoms. The second-order valence-corrected chi connectivity index (χ2v) is 5.49. The van der Waals surface area contributed by atoms with Crippen molar-refractivity contribution in [3.63, 3.8) is 0 Å². The van der Waals surface area contributed by atoms with E-state index in [1.165, 1.54) is 0 Å². The van der Waals surface area contributed by atoms with Crippen LogP contribution in [0.5, 0.6) is 0 Å². The standard InChI is InChI=1S/C13H19N3OS.HI/c1-10(2)8-15-13(14)16-9-11-4-6-12(7-5-11)18(3)17;/h4-7H,1,8-9H2,2-3H3,(H3,14,15,16);1H. The van der Waals surface area contributed by atoms with Crippen LogP contribution in [0.3, 0.4) is 0 Å². The van der Waals surface area contributed by atoms with Crippen molar-refractivity contribution in [3.05, 3.63) is 42.0 Å². The van der Waals surface area contributed by atoms with Gasteiger partial charge in [0.1, 0.15) is 0 Å². The molecule has 1 rings (SSSR count). The summed E-state index contributed by atoms with van der Waals surface area (Å²) in [4.78, 5) is 5.02. The summed E-state index contributed by atoms with van der Waals surface area (Å²) in [5.74, 6) is 0.404. The van der Waals surface area contributed by atoms with Crippen molar-refractivity contribution in [2.75, 3.05) is 12.8 Å². The highest BCUT2D eigenvalue weighted by Crippen LogP contribution is 2.08. The number of benzene rings is 1. The largest absolute Gasteiger partial charge is 0.370 e. The molecule has 0 aliphatic heterocycles.